The fourth-order valence-corrected chi connectivity index (χ4v) is 2.51. The standard InChI is InChI=1S/C15H24N4O/c1-4-16-12(2)7-5-6-8-18-9-10-19-14(15(18)20)11-13(3)17-19/h9-12,16H,4-8H2,1-3H3. The molecular weight excluding hydrogens is 252 g/mol. The Labute approximate surface area is 119 Å². The lowest BCUT2D eigenvalue weighted by atomic mass is 10.1. The molecule has 0 aliphatic heterocycles. The van der Waals surface area contributed by atoms with E-state index in [1.165, 1.54) is 0 Å². The molecular formula is C15H24N4O. The predicted octanol–water partition coefficient (Wildman–Crippen LogP) is 1.97. The molecule has 20 heavy (non-hydrogen) atoms. The Morgan fingerprint density at radius 2 is 2.15 bits per heavy atom. The second kappa shape index (κ2) is 6.70. The van der Waals surface area contributed by atoms with Gasteiger partial charge in [0.2, 0.25) is 0 Å². The highest BCUT2D eigenvalue weighted by Crippen LogP contribution is 2.04. The van der Waals surface area contributed by atoms with Gasteiger partial charge < -0.3 is 9.88 Å². The van der Waals surface area contributed by atoms with Gasteiger partial charge in [-0.15, -0.1) is 0 Å². The van der Waals surface area contributed by atoms with Gasteiger partial charge >= 0.3 is 0 Å². The number of fused-ring (bicyclic) bond motifs is 1. The van der Waals surface area contributed by atoms with Crippen molar-refractivity contribution >= 4 is 5.52 Å². The summed E-state index contributed by atoms with van der Waals surface area (Å²) in [5.41, 5.74) is 1.58. The molecule has 2 rings (SSSR count). The van der Waals surface area contributed by atoms with Gasteiger partial charge in [-0.1, -0.05) is 13.3 Å². The van der Waals surface area contributed by atoms with Crippen molar-refractivity contribution in [2.24, 2.45) is 0 Å². The van der Waals surface area contributed by atoms with Crippen LogP contribution in [0.25, 0.3) is 5.52 Å². The summed E-state index contributed by atoms with van der Waals surface area (Å²) >= 11 is 0. The van der Waals surface area contributed by atoms with E-state index >= 15 is 0 Å². The Balaban J connectivity index is 1.93. The largest absolute Gasteiger partial charge is 0.315 e. The maximum Gasteiger partial charge on any atom is 0.276 e. The van der Waals surface area contributed by atoms with Crippen LogP contribution in [0.3, 0.4) is 0 Å². The number of nitrogens with zero attached hydrogens (tertiary/aromatic N) is 3. The van der Waals surface area contributed by atoms with Crippen LogP contribution in [0, 0.1) is 6.92 Å². The van der Waals surface area contributed by atoms with Crippen LogP contribution in [0.2, 0.25) is 0 Å². The number of unbranched alkanes of at least 4 members (excludes halogenated alkanes) is 1. The maximum absolute atomic E-state index is 12.3. The minimum absolute atomic E-state index is 0.0489. The van der Waals surface area contributed by atoms with Crippen LogP contribution in [0.5, 0.6) is 0 Å². The minimum atomic E-state index is 0.0489. The zero-order valence-corrected chi connectivity index (χ0v) is 12.6. The molecule has 0 bridgehead atoms. The van der Waals surface area contributed by atoms with Crippen LogP contribution < -0.4 is 10.9 Å². The van der Waals surface area contributed by atoms with Crippen LogP contribution in [0.4, 0.5) is 0 Å². The molecule has 0 aliphatic rings. The van der Waals surface area contributed by atoms with E-state index in [1.54, 1.807) is 9.08 Å². The van der Waals surface area contributed by atoms with Crippen molar-refractivity contribution in [1.82, 2.24) is 19.5 Å². The Bertz CT molecular complexity index is 614. The zero-order chi connectivity index (χ0) is 14.5. The molecule has 2 aromatic rings. The van der Waals surface area contributed by atoms with E-state index in [4.69, 9.17) is 0 Å². The fourth-order valence-electron chi connectivity index (χ4n) is 2.51. The average molecular weight is 276 g/mol. The summed E-state index contributed by atoms with van der Waals surface area (Å²) in [5, 5.41) is 7.65. The first-order chi connectivity index (χ1) is 9.61. The van der Waals surface area contributed by atoms with Crippen molar-refractivity contribution in [3.8, 4) is 0 Å². The molecule has 0 spiro atoms. The number of aryl methyl sites for hydroxylation is 2. The lowest BCUT2D eigenvalue weighted by molar-refractivity contribution is 0.482. The molecule has 2 heterocycles. The molecule has 0 amide bonds. The van der Waals surface area contributed by atoms with Gasteiger partial charge in [-0.25, -0.2) is 4.52 Å². The third kappa shape index (κ3) is 3.48. The minimum Gasteiger partial charge on any atom is -0.315 e. The lowest BCUT2D eigenvalue weighted by Crippen LogP contribution is -2.25. The molecule has 0 fully saturated rings. The first-order valence-electron chi connectivity index (χ1n) is 7.40. The lowest BCUT2D eigenvalue weighted by Gasteiger charge is -2.12. The summed E-state index contributed by atoms with van der Waals surface area (Å²) in [7, 11) is 0. The third-order valence-electron chi connectivity index (χ3n) is 3.56. The number of nitrogens with one attached hydrogen (secondary N) is 1. The van der Waals surface area contributed by atoms with E-state index < -0.39 is 0 Å². The molecule has 0 aromatic carbocycles. The highest BCUT2D eigenvalue weighted by molar-refractivity contribution is 5.44. The summed E-state index contributed by atoms with van der Waals surface area (Å²) in [6, 6.07) is 2.39. The predicted molar refractivity (Wildman–Crippen MR) is 81.2 cm³/mol. The third-order valence-corrected chi connectivity index (χ3v) is 3.56. The second-order valence-electron chi connectivity index (χ2n) is 5.37. The van der Waals surface area contributed by atoms with Crippen molar-refractivity contribution in [2.75, 3.05) is 6.54 Å². The molecule has 1 N–H and O–H groups in total. The zero-order valence-electron chi connectivity index (χ0n) is 12.6. The highest BCUT2D eigenvalue weighted by atomic mass is 16.1. The van der Waals surface area contributed by atoms with Crippen LogP contribution in [-0.4, -0.2) is 26.8 Å². The van der Waals surface area contributed by atoms with Crippen molar-refractivity contribution in [3.05, 3.63) is 34.5 Å². The monoisotopic (exact) mass is 276 g/mol. The van der Waals surface area contributed by atoms with Gasteiger partial charge in [0.15, 0.2) is 0 Å². The van der Waals surface area contributed by atoms with Gasteiger partial charge in [-0.2, -0.15) is 5.10 Å². The SMILES string of the molecule is CCNC(C)CCCCn1ccn2nc(C)cc2c1=O. The van der Waals surface area contributed by atoms with Crippen molar-refractivity contribution in [2.45, 2.75) is 52.6 Å². The number of hydrogen-bond donors (Lipinski definition) is 1. The highest BCUT2D eigenvalue weighted by Gasteiger charge is 2.05. The van der Waals surface area contributed by atoms with Gasteiger partial charge in [0.25, 0.3) is 5.56 Å². The van der Waals surface area contributed by atoms with Crippen molar-refractivity contribution in [1.29, 1.82) is 0 Å². The smallest absolute Gasteiger partial charge is 0.276 e. The summed E-state index contributed by atoms with van der Waals surface area (Å²) in [6.07, 6.45) is 6.99. The van der Waals surface area contributed by atoms with Gasteiger partial charge in [0.05, 0.1) is 5.69 Å². The Morgan fingerprint density at radius 1 is 1.35 bits per heavy atom. The quantitative estimate of drug-likeness (QED) is 0.787. The fraction of sp³-hybridized carbons (Fsp3) is 0.600. The Hall–Kier alpha value is -1.62. The molecule has 0 saturated carbocycles. The second-order valence-corrected chi connectivity index (χ2v) is 5.37. The van der Waals surface area contributed by atoms with Crippen LogP contribution >= 0.6 is 0 Å². The van der Waals surface area contributed by atoms with Gasteiger partial charge in [-0.05, 0) is 39.3 Å². The van der Waals surface area contributed by atoms with Gasteiger partial charge in [-0.3, -0.25) is 4.79 Å². The van der Waals surface area contributed by atoms with E-state index in [2.05, 4.69) is 24.3 Å². The normalized spacial score (nSPS) is 12.9. The van der Waals surface area contributed by atoms with E-state index in [9.17, 15) is 4.79 Å². The summed E-state index contributed by atoms with van der Waals surface area (Å²) in [6.45, 7) is 8.02. The van der Waals surface area contributed by atoms with Gasteiger partial charge in [0.1, 0.15) is 5.52 Å². The molecule has 5 nitrogen and oxygen atoms in total. The molecule has 0 aliphatic carbocycles. The number of hydrogen-bond acceptors (Lipinski definition) is 3. The molecule has 110 valence electrons. The topological polar surface area (TPSA) is 51.3 Å². The molecule has 0 saturated heterocycles. The van der Waals surface area contributed by atoms with Crippen LogP contribution in [0.1, 0.15) is 38.8 Å². The molecule has 5 heteroatoms. The van der Waals surface area contributed by atoms with Crippen LogP contribution in [0.15, 0.2) is 23.3 Å². The molecule has 1 atom stereocenters. The van der Waals surface area contributed by atoms with Crippen molar-refractivity contribution in [3.63, 3.8) is 0 Å². The maximum atomic E-state index is 12.3. The molecule has 2 aromatic heterocycles. The van der Waals surface area contributed by atoms with E-state index in [-0.39, 0.29) is 5.56 Å². The van der Waals surface area contributed by atoms with E-state index in [0.717, 1.165) is 38.0 Å². The molecule has 1 unspecified atom stereocenters. The first-order valence-corrected chi connectivity index (χ1v) is 7.40. The Kier molecular flexibility index (Phi) is 4.95. The number of rotatable bonds is 7. The number of aromatic nitrogens is 3. The summed E-state index contributed by atoms with van der Waals surface area (Å²) < 4.78 is 3.44. The first kappa shape index (κ1) is 14.8. The average Bonchev–Trinajstić information content (AvgIpc) is 2.79. The van der Waals surface area contributed by atoms with Crippen molar-refractivity contribution < 1.29 is 0 Å². The van der Waals surface area contributed by atoms with E-state index in [0.29, 0.717) is 11.6 Å². The Morgan fingerprint density at radius 3 is 2.90 bits per heavy atom. The molecule has 0 radical (unpaired) electrons. The summed E-state index contributed by atoms with van der Waals surface area (Å²) in [4.78, 5) is 12.3. The van der Waals surface area contributed by atoms with E-state index in [1.807, 2.05) is 25.4 Å². The van der Waals surface area contributed by atoms with Gasteiger partial charge in [0, 0.05) is 25.0 Å². The summed E-state index contributed by atoms with van der Waals surface area (Å²) in [5.74, 6) is 0. The van der Waals surface area contributed by atoms with Crippen LogP contribution in [-0.2, 0) is 6.54 Å².